The maximum atomic E-state index is 12.8. The molecule has 1 saturated carbocycles. The number of nitrogens with zero attached hydrogens (tertiary/aromatic N) is 5. The lowest BCUT2D eigenvalue weighted by atomic mass is 9.88. The van der Waals surface area contributed by atoms with Crippen molar-refractivity contribution in [3.05, 3.63) is 28.8 Å². The van der Waals surface area contributed by atoms with E-state index < -0.39 is 11.2 Å². The predicted octanol–water partition coefficient (Wildman–Crippen LogP) is 1.89. The normalized spacial score (nSPS) is 24.5. The number of carbonyl (C=O) groups is 2. The molecule has 39 heavy (non-hydrogen) atoms. The number of nitrogens with one attached hydrogen (secondary N) is 1. The maximum absolute atomic E-state index is 12.8. The van der Waals surface area contributed by atoms with E-state index in [-0.39, 0.29) is 17.8 Å². The third-order valence-corrected chi connectivity index (χ3v) is 8.41. The number of urea groups is 1. The molecular weight excluding hydrogens is 496 g/mol. The van der Waals surface area contributed by atoms with Gasteiger partial charge < -0.3 is 26.2 Å². The first-order valence-electron chi connectivity index (χ1n) is 14.5. The largest absolute Gasteiger partial charge is 0.353 e. The van der Waals surface area contributed by atoms with E-state index in [9.17, 15) is 14.4 Å². The summed E-state index contributed by atoms with van der Waals surface area (Å²) in [5.41, 5.74) is 11.7. The number of rotatable bonds is 7. The van der Waals surface area contributed by atoms with Gasteiger partial charge in [0.05, 0.1) is 5.54 Å². The number of hydrogen-bond donors (Lipinski definition) is 3. The number of piperazine rings is 1. The second-order valence-electron chi connectivity index (χ2n) is 11.9. The van der Waals surface area contributed by atoms with Crippen molar-refractivity contribution in [2.24, 2.45) is 17.4 Å². The van der Waals surface area contributed by atoms with Crippen molar-refractivity contribution in [3.8, 4) is 0 Å². The summed E-state index contributed by atoms with van der Waals surface area (Å²) in [5, 5.41) is 2.73. The highest BCUT2D eigenvalue weighted by atomic mass is 16.2. The number of hydrogen-bond acceptors (Lipinski definition) is 7. The summed E-state index contributed by atoms with van der Waals surface area (Å²) >= 11 is 0. The lowest BCUT2D eigenvalue weighted by Crippen LogP contribution is -2.58. The Bertz CT molecular complexity index is 1090. The van der Waals surface area contributed by atoms with Gasteiger partial charge in [-0.2, -0.15) is 4.98 Å². The minimum Gasteiger partial charge on any atom is -0.338 e. The predicted molar refractivity (Wildman–Crippen MR) is 153 cm³/mol. The standard InChI is InChI=1S/C28H46N8O3/c1-4-33(22-11-7-21(29)8-12-22)19-20-5-9-23(10-6-20)36-14-13-24(32-27(36)39)31-26(38)35-17-15-34(16-18-35)25(37)28(2,3)30/h9,13-14,20-22H,4-8,10-12,15-19,29-30H2,1-3H3,(H,31,32,38,39). The van der Waals surface area contributed by atoms with Gasteiger partial charge in [0, 0.05) is 56.7 Å². The Kier molecular flexibility index (Phi) is 9.45. The molecule has 1 aromatic rings. The van der Waals surface area contributed by atoms with Gasteiger partial charge >= 0.3 is 11.7 Å². The van der Waals surface area contributed by atoms with Crippen LogP contribution in [-0.2, 0) is 4.79 Å². The van der Waals surface area contributed by atoms with Gasteiger partial charge in [0.1, 0.15) is 5.82 Å². The van der Waals surface area contributed by atoms with Crippen molar-refractivity contribution >= 4 is 23.5 Å². The fourth-order valence-corrected chi connectivity index (χ4v) is 5.99. The Labute approximate surface area is 231 Å². The minimum atomic E-state index is -0.938. The van der Waals surface area contributed by atoms with Crippen molar-refractivity contribution in [3.63, 3.8) is 0 Å². The van der Waals surface area contributed by atoms with E-state index in [4.69, 9.17) is 11.5 Å². The van der Waals surface area contributed by atoms with Crippen LogP contribution in [0, 0.1) is 5.92 Å². The maximum Gasteiger partial charge on any atom is 0.353 e. The minimum absolute atomic E-state index is 0.131. The third kappa shape index (κ3) is 7.46. The number of allylic oxidation sites excluding steroid dienone is 2. The van der Waals surface area contributed by atoms with Crippen molar-refractivity contribution < 1.29 is 9.59 Å². The molecule has 2 fully saturated rings. The molecule has 1 unspecified atom stereocenters. The summed E-state index contributed by atoms with van der Waals surface area (Å²) < 4.78 is 1.59. The summed E-state index contributed by atoms with van der Waals surface area (Å²) in [6, 6.07) is 2.33. The van der Waals surface area contributed by atoms with Gasteiger partial charge in [-0.3, -0.25) is 14.7 Å². The zero-order chi connectivity index (χ0) is 28.2. The Hall–Kier alpha value is -2.76. The molecule has 11 heteroatoms. The topological polar surface area (TPSA) is 143 Å². The molecular formula is C28H46N8O3. The second-order valence-corrected chi connectivity index (χ2v) is 11.9. The Morgan fingerprint density at radius 1 is 1.10 bits per heavy atom. The number of anilines is 1. The first kappa shape index (κ1) is 29.2. The molecule has 0 bridgehead atoms. The fraction of sp³-hybridized carbons (Fsp3) is 0.714. The van der Waals surface area contributed by atoms with Gasteiger partial charge in [-0.25, -0.2) is 9.59 Å². The summed E-state index contributed by atoms with van der Waals surface area (Å²) in [7, 11) is 0. The zero-order valence-electron chi connectivity index (χ0n) is 23.8. The molecule has 2 aliphatic carbocycles. The molecule has 3 amide bonds. The van der Waals surface area contributed by atoms with Crippen LogP contribution in [0.2, 0.25) is 0 Å². The molecule has 1 aliphatic heterocycles. The molecule has 0 aromatic carbocycles. The molecule has 1 saturated heterocycles. The van der Waals surface area contributed by atoms with E-state index in [1.165, 1.54) is 12.8 Å². The summed E-state index contributed by atoms with van der Waals surface area (Å²) in [5.74, 6) is 0.675. The van der Waals surface area contributed by atoms with Crippen LogP contribution in [0.4, 0.5) is 10.6 Å². The van der Waals surface area contributed by atoms with Gasteiger partial charge in [-0.05, 0) is 77.3 Å². The van der Waals surface area contributed by atoms with Crippen LogP contribution >= 0.6 is 0 Å². The molecule has 216 valence electrons. The van der Waals surface area contributed by atoms with Crippen LogP contribution in [0.5, 0.6) is 0 Å². The number of nitrogens with two attached hydrogens (primary N) is 2. The summed E-state index contributed by atoms with van der Waals surface area (Å²) in [6.45, 7) is 9.37. The molecule has 5 N–H and O–H groups in total. The average Bonchev–Trinajstić information content (AvgIpc) is 2.92. The van der Waals surface area contributed by atoms with Crippen molar-refractivity contribution in [1.82, 2.24) is 24.3 Å². The SMILES string of the molecule is CCN(CC1CC=C(n2ccc(NC(=O)N3CCN(C(=O)C(C)(C)N)CC3)nc2=O)CC1)C1CCC(N)CC1. The van der Waals surface area contributed by atoms with Crippen LogP contribution in [0.15, 0.2) is 23.1 Å². The summed E-state index contributed by atoms with van der Waals surface area (Å²) in [6.07, 6.45) is 11.3. The first-order chi connectivity index (χ1) is 18.5. The monoisotopic (exact) mass is 542 g/mol. The van der Waals surface area contributed by atoms with Crippen LogP contribution in [0.1, 0.15) is 65.7 Å². The molecule has 0 radical (unpaired) electrons. The molecule has 4 rings (SSSR count). The quantitative estimate of drug-likeness (QED) is 0.477. The van der Waals surface area contributed by atoms with Gasteiger partial charge in [0.2, 0.25) is 5.91 Å². The average molecular weight is 543 g/mol. The molecule has 2 heterocycles. The van der Waals surface area contributed by atoms with Gasteiger partial charge in [-0.15, -0.1) is 0 Å². The third-order valence-electron chi connectivity index (χ3n) is 8.41. The second kappa shape index (κ2) is 12.6. The van der Waals surface area contributed by atoms with Crippen molar-refractivity contribution in [2.75, 3.05) is 44.6 Å². The van der Waals surface area contributed by atoms with Gasteiger partial charge in [0.25, 0.3) is 0 Å². The molecule has 0 spiro atoms. The molecule has 1 atom stereocenters. The van der Waals surface area contributed by atoms with E-state index in [2.05, 4.69) is 28.2 Å². The smallest absolute Gasteiger partial charge is 0.338 e. The van der Waals surface area contributed by atoms with Crippen molar-refractivity contribution in [1.29, 1.82) is 0 Å². The highest BCUT2D eigenvalue weighted by Crippen LogP contribution is 2.29. The first-order valence-corrected chi connectivity index (χ1v) is 14.5. The Balaban J connectivity index is 1.28. The molecule has 3 aliphatic rings. The van der Waals surface area contributed by atoms with Gasteiger partial charge in [0.15, 0.2) is 0 Å². The van der Waals surface area contributed by atoms with E-state index in [0.717, 1.165) is 50.9 Å². The van der Waals surface area contributed by atoms with Gasteiger partial charge in [-0.1, -0.05) is 13.0 Å². The number of amides is 3. The van der Waals surface area contributed by atoms with E-state index in [1.54, 1.807) is 40.5 Å². The Morgan fingerprint density at radius 3 is 2.33 bits per heavy atom. The van der Waals surface area contributed by atoms with Crippen LogP contribution in [0.3, 0.4) is 0 Å². The molecule has 11 nitrogen and oxygen atoms in total. The lowest BCUT2D eigenvalue weighted by molar-refractivity contribution is -0.137. The van der Waals surface area contributed by atoms with Crippen LogP contribution in [-0.4, -0.2) is 93.1 Å². The van der Waals surface area contributed by atoms with Crippen LogP contribution in [0.25, 0.3) is 5.70 Å². The fourth-order valence-electron chi connectivity index (χ4n) is 5.99. The number of carbonyl (C=O) groups excluding carboxylic acids is 2. The Morgan fingerprint density at radius 2 is 1.77 bits per heavy atom. The highest BCUT2D eigenvalue weighted by molar-refractivity contribution is 5.89. The van der Waals surface area contributed by atoms with Crippen LogP contribution < -0.4 is 22.5 Å². The zero-order valence-corrected chi connectivity index (χ0v) is 23.8. The van der Waals surface area contributed by atoms with E-state index >= 15 is 0 Å². The number of aromatic nitrogens is 2. The van der Waals surface area contributed by atoms with E-state index in [0.29, 0.717) is 44.2 Å². The highest BCUT2D eigenvalue weighted by Gasteiger charge is 2.31. The lowest BCUT2D eigenvalue weighted by Gasteiger charge is -2.38. The summed E-state index contributed by atoms with van der Waals surface area (Å²) in [4.78, 5) is 48.0. The van der Waals surface area contributed by atoms with Crippen molar-refractivity contribution in [2.45, 2.75) is 83.3 Å². The van der Waals surface area contributed by atoms with E-state index in [1.807, 2.05) is 0 Å². The molecule has 1 aromatic heterocycles.